The molecule has 204 valence electrons. The van der Waals surface area contributed by atoms with Crippen LogP contribution in [0.15, 0.2) is 33.9 Å². The van der Waals surface area contributed by atoms with Gasteiger partial charge in [0.15, 0.2) is 0 Å². The van der Waals surface area contributed by atoms with Crippen molar-refractivity contribution in [3.8, 4) is 0 Å². The molecule has 7 nitrogen and oxygen atoms in total. The number of anilines is 3. The summed E-state index contributed by atoms with van der Waals surface area (Å²) in [5.41, 5.74) is 8.24. The molecule has 2 fully saturated rings. The Morgan fingerprint density at radius 2 is 1.87 bits per heavy atom. The lowest BCUT2D eigenvalue weighted by molar-refractivity contribution is 0.0905. The van der Waals surface area contributed by atoms with E-state index in [4.69, 9.17) is 4.74 Å². The lowest BCUT2D eigenvalue weighted by Crippen LogP contribution is -2.44. The topological polar surface area (TPSA) is 72.6 Å². The van der Waals surface area contributed by atoms with E-state index in [1.165, 1.54) is 11.3 Å². The first-order chi connectivity index (χ1) is 18.4. The average molecular weight is 536 g/mol. The summed E-state index contributed by atoms with van der Waals surface area (Å²) in [6.07, 6.45) is 2.71. The van der Waals surface area contributed by atoms with Gasteiger partial charge in [0.25, 0.3) is 5.56 Å². The van der Waals surface area contributed by atoms with Crippen LogP contribution >= 0.6 is 11.3 Å². The first kappa shape index (κ1) is 26.8. The SMILES string of the molecule is CCC(C)=C(Nc1cc(N2CCN(C)CC2)ccc1C)c1c(NC2CCOCC2)c2c(C)csc2[nH]c1=O. The highest BCUT2D eigenvalue weighted by Gasteiger charge is 2.24. The summed E-state index contributed by atoms with van der Waals surface area (Å²) < 4.78 is 5.62. The maximum absolute atomic E-state index is 13.8. The number of thiophene rings is 1. The van der Waals surface area contributed by atoms with Crippen LogP contribution < -0.4 is 21.1 Å². The molecule has 2 aromatic heterocycles. The summed E-state index contributed by atoms with van der Waals surface area (Å²) >= 11 is 1.60. The summed E-state index contributed by atoms with van der Waals surface area (Å²) in [4.78, 5) is 22.7. The van der Waals surface area contributed by atoms with Crippen molar-refractivity contribution in [2.24, 2.45) is 0 Å². The zero-order valence-electron chi connectivity index (χ0n) is 23.4. The van der Waals surface area contributed by atoms with Crippen molar-refractivity contribution in [3.05, 3.63) is 56.2 Å². The number of benzene rings is 1. The van der Waals surface area contributed by atoms with Crippen LogP contribution in [0.25, 0.3) is 15.9 Å². The molecule has 8 heteroatoms. The second kappa shape index (κ2) is 11.5. The quantitative estimate of drug-likeness (QED) is 0.355. The lowest BCUT2D eigenvalue weighted by Gasteiger charge is -2.34. The fraction of sp³-hybridized carbons (Fsp3) is 0.500. The van der Waals surface area contributed by atoms with E-state index < -0.39 is 0 Å². The largest absolute Gasteiger partial charge is 0.381 e. The number of pyridine rings is 1. The third-order valence-electron chi connectivity index (χ3n) is 8.06. The minimum absolute atomic E-state index is 0.0583. The molecule has 3 N–H and O–H groups in total. The van der Waals surface area contributed by atoms with Gasteiger partial charge in [-0.1, -0.05) is 13.0 Å². The molecule has 0 saturated carbocycles. The molecular weight excluding hydrogens is 494 g/mol. The van der Waals surface area contributed by atoms with Crippen molar-refractivity contribution in [1.82, 2.24) is 9.88 Å². The molecule has 0 radical (unpaired) electrons. The third-order valence-corrected chi connectivity index (χ3v) is 9.07. The molecule has 0 unspecified atom stereocenters. The van der Waals surface area contributed by atoms with E-state index >= 15 is 0 Å². The van der Waals surface area contributed by atoms with Gasteiger partial charge >= 0.3 is 0 Å². The zero-order valence-corrected chi connectivity index (χ0v) is 24.2. The van der Waals surface area contributed by atoms with Crippen LogP contribution in [-0.2, 0) is 4.74 Å². The Kier molecular flexibility index (Phi) is 8.12. The number of rotatable bonds is 7. The van der Waals surface area contributed by atoms with E-state index in [0.717, 1.165) is 97.1 Å². The van der Waals surface area contributed by atoms with Crippen LogP contribution in [0.2, 0.25) is 0 Å². The Balaban J connectivity index is 1.59. The van der Waals surface area contributed by atoms with E-state index in [2.05, 4.69) is 83.7 Å². The monoisotopic (exact) mass is 535 g/mol. The molecule has 3 aromatic rings. The summed E-state index contributed by atoms with van der Waals surface area (Å²) in [5.74, 6) is 0. The molecule has 0 amide bonds. The summed E-state index contributed by atoms with van der Waals surface area (Å²) in [5, 5.41) is 10.8. The van der Waals surface area contributed by atoms with E-state index in [1.807, 2.05) is 0 Å². The van der Waals surface area contributed by atoms with Crippen LogP contribution in [0.1, 0.15) is 49.8 Å². The molecule has 0 spiro atoms. The van der Waals surface area contributed by atoms with Crippen LogP contribution in [0.4, 0.5) is 17.1 Å². The zero-order chi connectivity index (χ0) is 26.8. The second-order valence-electron chi connectivity index (χ2n) is 10.8. The van der Waals surface area contributed by atoms with Gasteiger partial charge in [-0.25, -0.2) is 0 Å². The summed E-state index contributed by atoms with van der Waals surface area (Å²) in [6.45, 7) is 14.2. The van der Waals surface area contributed by atoms with Gasteiger partial charge in [0, 0.05) is 62.2 Å². The number of allylic oxidation sites excluding steroid dienone is 1. The van der Waals surface area contributed by atoms with Crippen molar-refractivity contribution in [3.63, 3.8) is 0 Å². The molecule has 0 bridgehead atoms. The number of nitrogens with zero attached hydrogens (tertiary/aromatic N) is 2. The van der Waals surface area contributed by atoms with Gasteiger partial charge in [-0.2, -0.15) is 0 Å². The highest BCUT2D eigenvalue weighted by molar-refractivity contribution is 7.17. The van der Waals surface area contributed by atoms with E-state index in [1.54, 1.807) is 11.3 Å². The van der Waals surface area contributed by atoms with Gasteiger partial charge in [0.05, 0.1) is 16.9 Å². The number of aromatic nitrogens is 1. The molecule has 4 heterocycles. The van der Waals surface area contributed by atoms with Crippen LogP contribution in [0.5, 0.6) is 0 Å². The number of ether oxygens (including phenoxy) is 1. The van der Waals surface area contributed by atoms with Crippen molar-refractivity contribution in [2.75, 3.05) is 62.0 Å². The number of aromatic amines is 1. The lowest BCUT2D eigenvalue weighted by atomic mass is 9.99. The van der Waals surface area contributed by atoms with Crippen molar-refractivity contribution < 1.29 is 4.74 Å². The summed E-state index contributed by atoms with van der Waals surface area (Å²) in [7, 11) is 2.18. The van der Waals surface area contributed by atoms with Gasteiger partial charge in [-0.15, -0.1) is 11.3 Å². The molecular formula is C30H41N5O2S. The number of hydrogen-bond acceptors (Lipinski definition) is 7. The van der Waals surface area contributed by atoms with E-state index in [9.17, 15) is 4.79 Å². The Hall–Kier alpha value is -2.81. The minimum atomic E-state index is -0.0583. The first-order valence-electron chi connectivity index (χ1n) is 13.8. The van der Waals surface area contributed by atoms with Crippen molar-refractivity contribution in [2.45, 2.75) is 53.0 Å². The van der Waals surface area contributed by atoms with Crippen molar-refractivity contribution >= 4 is 44.3 Å². The number of hydrogen-bond donors (Lipinski definition) is 3. The van der Waals surface area contributed by atoms with Gasteiger partial charge in [-0.05, 0) is 81.3 Å². The molecule has 2 aliphatic rings. The van der Waals surface area contributed by atoms with Gasteiger partial charge < -0.3 is 30.2 Å². The molecule has 0 atom stereocenters. The highest BCUT2D eigenvalue weighted by Crippen LogP contribution is 2.37. The number of piperazine rings is 1. The molecule has 0 aliphatic carbocycles. The molecule has 1 aromatic carbocycles. The smallest absolute Gasteiger partial charge is 0.260 e. The molecule has 5 rings (SSSR count). The number of H-pyrrole nitrogens is 1. The van der Waals surface area contributed by atoms with E-state index in [-0.39, 0.29) is 11.6 Å². The van der Waals surface area contributed by atoms with Gasteiger partial charge in [0.1, 0.15) is 4.83 Å². The van der Waals surface area contributed by atoms with Crippen LogP contribution in [-0.4, -0.2) is 62.4 Å². The number of aryl methyl sites for hydroxylation is 2. The Morgan fingerprint density at radius 3 is 2.58 bits per heavy atom. The Morgan fingerprint density at radius 1 is 1.13 bits per heavy atom. The molecule has 2 saturated heterocycles. The number of fused-ring (bicyclic) bond motifs is 1. The molecule has 2 aliphatic heterocycles. The Labute approximate surface area is 229 Å². The average Bonchev–Trinajstić information content (AvgIpc) is 3.29. The summed E-state index contributed by atoms with van der Waals surface area (Å²) in [6, 6.07) is 6.93. The normalized spacial score (nSPS) is 18.1. The standard InChI is InChI=1S/C30H41N5O2S/c1-6-19(2)27(32-24-17-23(8-7-20(24)3)35-13-11-34(5)12-14-35)26-28(31-22-9-15-37-16-10-22)25-21(4)18-38-30(25)33-29(26)36/h7-8,17-18,22,32H,6,9-16H2,1-5H3,(H2,31,33,36). The van der Waals surface area contributed by atoms with Crippen LogP contribution in [0.3, 0.4) is 0 Å². The van der Waals surface area contributed by atoms with E-state index in [0.29, 0.717) is 5.56 Å². The first-order valence-corrected chi connectivity index (χ1v) is 14.7. The number of nitrogens with one attached hydrogen (secondary N) is 3. The van der Waals surface area contributed by atoms with Gasteiger partial charge in [-0.3, -0.25) is 4.79 Å². The Bertz CT molecular complexity index is 1380. The van der Waals surface area contributed by atoms with Crippen LogP contribution in [0, 0.1) is 13.8 Å². The minimum Gasteiger partial charge on any atom is -0.381 e. The molecule has 38 heavy (non-hydrogen) atoms. The fourth-order valence-electron chi connectivity index (χ4n) is 5.38. The maximum Gasteiger partial charge on any atom is 0.260 e. The van der Waals surface area contributed by atoms with Crippen molar-refractivity contribution in [1.29, 1.82) is 0 Å². The number of likely N-dealkylation sites (N-methyl/N-ethyl adjacent to an activating group) is 1. The second-order valence-corrected chi connectivity index (χ2v) is 11.7. The van der Waals surface area contributed by atoms with Gasteiger partial charge in [0.2, 0.25) is 0 Å². The third kappa shape index (κ3) is 5.48. The predicted octanol–water partition coefficient (Wildman–Crippen LogP) is 5.80. The highest BCUT2D eigenvalue weighted by atomic mass is 32.1. The predicted molar refractivity (Wildman–Crippen MR) is 162 cm³/mol. The maximum atomic E-state index is 13.8. The fourth-order valence-corrected chi connectivity index (χ4v) is 6.33.